The normalized spacial score (nSPS) is 10.3. The molecule has 0 radical (unpaired) electrons. The number of rotatable bonds is 6. The molecule has 0 aliphatic heterocycles. The Labute approximate surface area is 118 Å². The number of aromatic nitrogens is 2. The molecule has 2 aromatic rings. The van der Waals surface area contributed by atoms with Crippen molar-refractivity contribution in [1.29, 1.82) is 0 Å². The number of para-hydroxylation sites is 1. The number of carbonyl (C=O) groups is 1. The van der Waals surface area contributed by atoms with Gasteiger partial charge >= 0.3 is 0 Å². The van der Waals surface area contributed by atoms with E-state index in [1.165, 1.54) is 0 Å². The molecular formula is C15H19N3O2. The van der Waals surface area contributed by atoms with E-state index in [4.69, 9.17) is 4.74 Å². The van der Waals surface area contributed by atoms with E-state index in [0.29, 0.717) is 18.7 Å². The van der Waals surface area contributed by atoms with Crippen molar-refractivity contribution < 1.29 is 9.53 Å². The monoisotopic (exact) mass is 273 g/mol. The van der Waals surface area contributed by atoms with E-state index < -0.39 is 0 Å². The fourth-order valence-electron chi connectivity index (χ4n) is 1.86. The Morgan fingerprint density at radius 3 is 2.75 bits per heavy atom. The van der Waals surface area contributed by atoms with Crippen molar-refractivity contribution in [2.24, 2.45) is 7.05 Å². The summed E-state index contributed by atoms with van der Waals surface area (Å²) in [5.74, 6) is 0.839. The number of amides is 1. The maximum Gasteiger partial charge on any atom is 0.256 e. The Kier molecular flexibility index (Phi) is 4.76. The highest BCUT2D eigenvalue weighted by molar-refractivity contribution is 5.93. The maximum absolute atomic E-state index is 12.1. The van der Waals surface area contributed by atoms with E-state index in [2.05, 4.69) is 5.10 Å². The smallest absolute Gasteiger partial charge is 0.256 e. The van der Waals surface area contributed by atoms with Crippen LogP contribution in [-0.4, -0.2) is 40.8 Å². The fraction of sp³-hybridized carbons (Fsp3) is 0.333. The second-order valence-corrected chi connectivity index (χ2v) is 4.64. The van der Waals surface area contributed by atoms with Gasteiger partial charge < -0.3 is 9.64 Å². The molecule has 0 spiro atoms. The zero-order valence-electron chi connectivity index (χ0n) is 11.8. The molecule has 0 saturated heterocycles. The average molecular weight is 273 g/mol. The fourth-order valence-corrected chi connectivity index (χ4v) is 1.86. The molecule has 0 saturated carbocycles. The Bertz CT molecular complexity index is 551. The van der Waals surface area contributed by atoms with Gasteiger partial charge in [-0.15, -0.1) is 0 Å². The van der Waals surface area contributed by atoms with E-state index >= 15 is 0 Å². The second kappa shape index (κ2) is 6.75. The minimum atomic E-state index is -0.0159. The van der Waals surface area contributed by atoms with Crippen molar-refractivity contribution in [2.75, 3.05) is 20.2 Å². The third-order valence-electron chi connectivity index (χ3n) is 2.95. The van der Waals surface area contributed by atoms with Crippen molar-refractivity contribution in [3.05, 3.63) is 48.3 Å². The highest BCUT2D eigenvalue weighted by atomic mass is 16.5. The molecule has 1 amide bonds. The molecule has 2 rings (SSSR count). The lowest BCUT2D eigenvalue weighted by atomic mass is 10.3. The number of hydrogen-bond donors (Lipinski definition) is 0. The molecule has 1 aromatic heterocycles. The summed E-state index contributed by atoms with van der Waals surface area (Å²) in [4.78, 5) is 13.7. The van der Waals surface area contributed by atoms with E-state index in [1.807, 2.05) is 30.3 Å². The lowest BCUT2D eigenvalue weighted by Gasteiger charge is -2.16. The van der Waals surface area contributed by atoms with Crippen LogP contribution in [-0.2, 0) is 7.05 Å². The van der Waals surface area contributed by atoms with Gasteiger partial charge in [0.2, 0.25) is 0 Å². The highest BCUT2D eigenvalue weighted by Gasteiger charge is 2.12. The summed E-state index contributed by atoms with van der Waals surface area (Å²) in [6.45, 7) is 1.25. The van der Waals surface area contributed by atoms with Crippen LogP contribution in [0.15, 0.2) is 42.7 Å². The first kappa shape index (κ1) is 14.1. The van der Waals surface area contributed by atoms with Crippen molar-refractivity contribution in [2.45, 2.75) is 6.42 Å². The quantitative estimate of drug-likeness (QED) is 0.756. The second-order valence-electron chi connectivity index (χ2n) is 4.64. The van der Waals surface area contributed by atoms with Crippen LogP contribution >= 0.6 is 0 Å². The van der Waals surface area contributed by atoms with Gasteiger partial charge in [-0.1, -0.05) is 18.2 Å². The Morgan fingerprint density at radius 1 is 1.35 bits per heavy atom. The summed E-state index contributed by atoms with van der Waals surface area (Å²) in [5.41, 5.74) is 0.610. The molecule has 106 valence electrons. The Balaban J connectivity index is 1.72. The van der Waals surface area contributed by atoms with Crippen LogP contribution in [0.5, 0.6) is 5.75 Å². The van der Waals surface area contributed by atoms with Crippen molar-refractivity contribution >= 4 is 5.91 Å². The summed E-state index contributed by atoms with van der Waals surface area (Å²) < 4.78 is 7.22. The minimum Gasteiger partial charge on any atom is -0.494 e. The molecule has 0 aliphatic carbocycles. The van der Waals surface area contributed by atoms with Gasteiger partial charge in [-0.2, -0.15) is 5.10 Å². The Morgan fingerprint density at radius 2 is 2.10 bits per heavy atom. The molecule has 0 fully saturated rings. The van der Waals surface area contributed by atoms with Gasteiger partial charge in [0.15, 0.2) is 0 Å². The van der Waals surface area contributed by atoms with Crippen molar-refractivity contribution in [3.63, 3.8) is 0 Å². The Hall–Kier alpha value is -2.30. The van der Waals surface area contributed by atoms with Crippen molar-refractivity contribution in [3.8, 4) is 5.75 Å². The van der Waals surface area contributed by atoms with Gasteiger partial charge in [0, 0.05) is 26.8 Å². The molecule has 5 heteroatoms. The topological polar surface area (TPSA) is 47.4 Å². The number of hydrogen-bond acceptors (Lipinski definition) is 3. The van der Waals surface area contributed by atoms with Crippen molar-refractivity contribution in [1.82, 2.24) is 14.7 Å². The van der Waals surface area contributed by atoms with Crippen LogP contribution < -0.4 is 4.74 Å². The average Bonchev–Trinajstić information content (AvgIpc) is 2.90. The zero-order chi connectivity index (χ0) is 14.4. The summed E-state index contributed by atoms with van der Waals surface area (Å²) in [7, 11) is 3.59. The highest BCUT2D eigenvalue weighted by Crippen LogP contribution is 2.08. The first-order chi connectivity index (χ1) is 9.66. The minimum absolute atomic E-state index is 0.0159. The zero-order valence-corrected chi connectivity index (χ0v) is 11.8. The molecule has 0 bridgehead atoms. The van der Waals surface area contributed by atoms with Crippen LogP contribution in [0.1, 0.15) is 16.8 Å². The van der Waals surface area contributed by atoms with E-state index in [1.54, 1.807) is 36.1 Å². The molecular weight excluding hydrogens is 254 g/mol. The molecule has 0 aliphatic rings. The standard InChI is InChI=1S/C15H19N3O2/c1-17(15(19)13-11-16-18(2)12-13)9-6-10-20-14-7-4-3-5-8-14/h3-5,7-8,11-12H,6,9-10H2,1-2H3. The predicted molar refractivity (Wildman–Crippen MR) is 76.7 cm³/mol. The lowest BCUT2D eigenvalue weighted by molar-refractivity contribution is 0.0788. The molecule has 1 heterocycles. The summed E-state index contributed by atoms with van der Waals surface area (Å²) in [6, 6.07) is 9.67. The van der Waals surface area contributed by atoms with Gasteiger partial charge in [-0.3, -0.25) is 9.48 Å². The van der Waals surface area contributed by atoms with Crippen LogP contribution in [0.3, 0.4) is 0 Å². The van der Waals surface area contributed by atoms with E-state index in [0.717, 1.165) is 12.2 Å². The summed E-state index contributed by atoms with van der Waals surface area (Å²) in [6.07, 6.45) is 4.09. The van der Waals surface area contributed by atoms with Gasteiger partial charge in [-0.05, 0) is 18.6 Å². The maximum atomic E-state index is 12.1. The van der Waals surface area contributed by atoms with E-state index in [-0.39, 0.29) is 5.91 Å². The number of aryl methyl sites for hydroxylation is 1. The van der Waals surface area contributed by atoms with Gasteiger partial charge in [0.1, 0.15) is 5.75 Å². The van der Waals surface area contributed by atoms with Crippen LogP contribution in [0, 0.1) is 0 Å². The SMILES string of the molecule is CN(CCCOc1ccccc1)C(=O)c1cnn(C)c1. The lowest BCUT2D eigenvalue weighted by Crippen LogP contribution is -2.28. The number of ether oxygens (including phenoxy) is 1. The molecule has 0 atom stereocenters. The number of carbonyl (C=O) groups excluding carboxylic acids is 1. The van der Waals surface area contributed by atoms with E-state index in [9.17, 15) is 4.79 Å². The van der Waals surface area contributed by atoms with Gasteiger partial charge in [0.05, 0.1) is 18.4 Å². The van der Waals surface area contributed by atoms with Crippen LogP contribution in [0.4, 0.5) is 0 Å². The predicted octanol–water partition coefficient (Wildman–Crippen LogP) is 1.96. The number of nitrogens with zero attached hydrogens (tertiary/aromatic N) is 3. The van der Waals surface area contributed by atoms with Crippen LogP contribution in [0.2, 0.25) is 0 Å². The molecule has 1 aromatic carbocycles. The first-order valence-electron chi connectivity index (χ1n) is 6.59. The summed E-state index contributed by atoms with van der Waals surface area (Å²) >= 11 is 0. The molecule has 0 N–H and O–H groups in total. The molecule has 0 unspecified atom stereocenters. The molecule has 20 heavy (non-hydrogen) atoms. The summed E-state index contributed by atoms with van der Waals surface area (Å²) in [5, 5.41) is 4.00. The van der Waals surface area contributed by atoms with Gasteiger partial charge in [0.25, 0.3) is 5.91 Å². The third-order valence-corrected chi connectivity index (χ3v) is 2.95. The largest absolute Gasteiger partial charge is 0.494 e. The third kappa shape index (κ3) is 3.85. The van der Waals surface area contributed by atoms with Crippen LogP contribution in [0.25, 0.3) is 0 Å². The molecule has 5 nitrogen and oxygen atoms in total. The van der Waals surface area contributed by atoms with Gasteiger partial charge in [-0.25, -0.2) is 0 Å². The number of benzene rings is 1. The first-order valence-corrected chi connectivity index (χ1v) is 6.59.